The molecular weight excluding hydrogens is 230 g/mol. The van der Waals surface area contributed by atoms with Gasteiger partial charge in [0, 0.05) is 39.7 Å². The second kappa shape index (κ2) is 6.78. The average Bonchev–Trinajstić information content (AvgIpc) is 2.37. The molecule has 6 nitrogen and oxygen atoms in total. The highest BCUT2D eigenvalue weighted by molar-refractivity contribution is 5.76. The molecule has 1 amide bonds. The van der Waals surface area contributed by atoms with Gasteiger partial charge in [0.25, 0.3) is 0 Å². The number of carbonyl (C=O) groups excluding carboxylic acids is 1. The Hall–Kier alpha value is -1.85. The van der Waals surface area contributed by atoms with Crippen LogP contribution in [0.15, 0.2) is 6.33 Å². The summed E-state index contributed by atoms with van der Waals surface area (Å²) >= 11 is 0. The van der Waals surface area contributed by atoms with Crippen LogP contribution in [-0.4, -0.2) is 48.5 Å². The van der Waals surface area contributed by atoms with Crippen molar-refractivity contribution < 1.29 is 4.79 Å². The highest BCUT2D eigenvalue weighted by Crippen LogP contribution is 2.19. The first kappa shape index (κ1) is 14.2. The van der Waals surface area contributed by atoms with Crippen LogP contribution in [0.4, 0.5) is 11.6 Å². The van der Waals surface area contributed by atoms with Gasteiger partial charge >= 0.3 is 0 Å². The lowest BCUT2D eigenvalue weighted by Crippen LogP contribution is -2.24. The molecule has 0 bridgehead atoms. The van der Waals surface area contributed by atoms with Crippen LogP contribution in [0.2, 0.25) is 0 Å². The minimum absolute atomic E-state index is 0.100. The Bertz CT molecular complexity index is 405. The van der Waals surface area contributed by atoms with Crippen LogP contribution >= 0.6 is 0 Å². The summed E-state index contributed by atoms with van der Waals surface area (Å²) in [4.78, 5) is 21.4. The third kappa shape index (κ3) is 3.58. The van der Waals surface area contributed by atoms with Crippen molar-refractivity contribution in [2.45, 2.75) is 19.8 Å². The predicted molar refractivity (Wildman–Crippen MR) is 72.8 cm³/mol. The van der Waals surface area contributed by atoms with E-state index < -0.39 is 0 Å². The van der Waals surface area contributed by atoms with Gasteiger partial charge in [0.1, 0.15) is 18.0 Å². The molecule has 0 unspecified atom stereocenters. The van der Waals surface area contributed by atoms with E-state index in [1.54, 1.807) is 19.0 Å². The van der Waals surface area contributed by atoms with Crippen LogP contribution in [0, 0.1) is 0 Å². The molecule has 1 aromatic rings. The molecule has 1 heterocycles. The van der Waals surface area contributed by atoms with Crippen LogP contribution in [0.25, 0.3) is 0 Å². The molecule has 0 fully saturated rings. The molecule has 2 N–H and O–H groups in total. The zero-order valence-corrected chi connectivity index (χ0v) is 11.4. The molecule has 0 atom stereocenters. The average molecular weight is 251 g/mol. The zero-order chi connectivity index (χ0) is 13.5. The van der Waals surface area contributed by atoms with E-state index in [0.29, 0.717) is 13.0 Å². The van der Waals surface area contributed by atoms with Crippen molar-refractivity contribution in [3.05, 3.63) is 11.9 Å². The molecule has 0 aliphatic rings. The van der Waals surface area contributed by atoms with Gasteiger partial charge in [-0.25, -0.2) is 9.97 Å². The van der Waals surface area contributed by atoms with Crippen molar-refractivity contribution in [2.24, 2.45) is 0 Å². The first-order valence-electron chi connectivity index (χ1n) is 6.05. The fourth-order valence-electron chi connectivity index (χ4n) is 1.63. The Labute approximate surface area is 108 Å². The van der Waals surface area contributed by atoms with Crippen LogP contribution in [0.1, 0.15) is 18.9 Å². The first-order chi connectivity index (χ1) is 8.60. The smallest absolute Gasteiger partial charge is 0.223 e. The number of anilines is 2. The van der Waals surface area contributed by atoms with E-state index in [2.05, 4.69) is 27.5 Å². The molecule has 0 aromatic carbocycles. The number of amides is 1. The lowest BCUT2D eigenvalue weighted by atomic mass is 10.2. The van der Waals surface area contributed by atoms with Gasteiger partial charge in [-0.15, -0.1) is 0 Å². The second-order valence-electron chi connectivity index (χ2n) is 4.12. The van der Waals surface area contributed by atoms with Crippen LogP contribution in [0.5, 0.6) is 0 Å². The summed E-state index contributed by atoms with van der Waals surface area (Å²) < 4.78 is 0. The standard InChI is InChI=1S/C12H21N5O/c1-5-9-11(13-2)15-8-16-12(9)14-7-6-10(18)17(3)4/h8H,5-7H2,1-4H3,(H2,13,14,15,16). The van der Waals surface area contributed by atoms with Crippen molar-refractivity contribution in [3.8, 4) is 0 Å². The van der Waals surface area contributed by atoms with E-state index in [-0.39, 0.29) is 5.91 Å². The quantitative estimate of drug-likeness (QED) is 0.788. The Morgan fingerprint density at radius 3 is 2.56 bits per heavy atom. The minimum Gasteiger partial charge on any atom is -0.373 e. The lowest BCUT2D eigenvalue weighted by molar-refractivity contribution is -0.128. The lowest BCUT2D eigenvalue weighted by Gasteiger charge is -2.14. The van der Waals surface area contributed by atoms with Crippen molar-refractivity contribution in [2.75, 3.05) is 38.3 Å². The number of aromatic nitrogens is 2. The summed E-state index contributed by atoms with van der Waals surface area (Å²) in [7, 11) is 5.34. The second-order valence-corrected chi connectivity index (χ2v) is 4.12. The topological polar surface area (TPSA) is 70.1 Å². The van der Waals surface area contributed by atoms with E-state index in [0.717, 1.165) is 23.6 Å². The van der Waals surface area contributed by atoms with Crippen LogP contribution < -0.4 is 10.6 Å². The van der Waals surface area contributed by atoms with Gasteiger partial charge in [0.05, 0.1) is 0 Å². The maximum absolute atomic E-state index is 11.5. The minimum atomic E-state index is 0.100. The molecule has 18 heavy (non-hydrogen) atoms. The van der Waals surface area contributed by atoms with E-state index in [9.17, 15) is 4.79 Å². The largest absolute Gasteiger partial charge is 0.373 e. The summed E-state index contributed by atoms with van der Waals surface area (Å²) in [6.45, 7) is 2.62. The molecule has 0 spiro atoms. The molecule has 1 aromatic heterocycles. The Morgan fingerprint density at radius 1 is 1.33 bits per heavy atom. The summed E-state index contributed by atoms with van der Waals surface area (Å²) in [5, 5.41) is 6.22. The molecule has 6 heteroatoms. The number of nitrogens with one attached hydrogen (secondary N) is 2. The molecule has 1 rings (SSSR count). The Morgan fingerprint density at radius 2 is 2.00 bits per heavy atom. The van der Waals surface area contributed by atoms with Crippen molar-refractivity contribution in [1.29, 1.82) is 0 Å². The summed E-state index contributed by atoms with van der Waals surface area (Å²) in [6, 6.07) is 0. The Balaban J connectivity index is 2.64. The fraction of sp³-hybridized carbons (Fsp3) is 0.583. The first-order valence-corrected chi connectivity index (χ1v) is 6.05. The summed E-state index contributed by atoms with van der Waals surface area (Å²) in [5.74, 6) is 1.72. The maximum atomic E-state index is 11.5. The van der Waals surface area contributed by atoms with Gasteiger partial charge in [-0.3, -0.25) is 4.79 Å². The van der Waals surface area contributed by atoms with Crippen molar-refractivity contribution in [1.82, 2.24) is 14.9 Å². The molecule has 0 aliphatic carbocycles. The van der Waals surface area contributed by atoms with E-state index in [1.807, 2.05) is 7.05 Å². The molecule has 0 aliphatic heterocycles. The fourth-order valence-corrected chi connectivity index (χ4v) is 1.63. The maximum Gasteiger partial charge on any atom is 0.223 e. The number of carbonyl (C=O) groups is 1. The molecule has 100 valence electrons. The monoisotopic (exact) mass is 251 g/mol. The van der Waals surface area contributed by atoms with E-state index in [1.165, 1.54) is 6.33 Å². The van der Waals surface area contributed by atoms with Crippen molar-refractivity contribution in [3.63, 3.8) is 0 Å². The number of rotatable bonds is 6. The van der Waals surface area contributed by atoms with Gasteiger partial charge in [-0.05, 0) is 6.42 Å². The van der Waals surface area contributed by atoms with Crippen molar-refractivity contribution >= 4 is 17.5 Å². The highest BCUT2D eigenvalue weighted by atomic mass is 16.2. The predicted octanol–water partition coefficient (Wildman–Crippen LogP) is 0.971. The van der Waals surface area contributed by atoms with Gasteiger partial charge in [-0.2, -0.15) is 0 Å². The summed E-state index contributed by atoms with van der Waals surface area (Å²) in [5.41, 5.74) is 1.04. The van der Waals surface area contributed by atoms with Gasteiger partial charge < -0.3 is 15.5 Å². The van der Waals surface area contributed by atoms with E-state index in [4.69, 9.17) is 0 Å². The third-order valence-corrected chi connectivity index (χ3v) is 2.67. The molecule has 0 radical (unpaired) electrons. The highest BCUT2D eigenvalue weighted by Gasteiger charge is 2.09. The van der Waals surface area contributed by atoms with E-state index >= 15 is 0 Å². The number of hydrogen-bond donors (Lipinski definition) is 2. The third-order valence-electron chi connectivity index (χ3n) is 2.67. The Kier molecular flexibility index (Phi) is 5.35. The molecule has 0 saturated carbocycles. The normalized spacial score (nSPS) is 10.0. The van der Waals surface area contributed by atoms with Gasteiger partial charge in [0.2, 0.25) is 5.91 Å². The zero-order valence-electron chi connectivity index (χ0n) is 11.4. The molecular formula is C12H21N5O. The summed E-state index contributed by atoms with van der Waals surface area (Å²) in [6.07, 6.45) is 2.80. The van der Waals surface area contributed by atoms with Crippen LogP contribution in [-0.2, 0) is 11.2 Å². The van der Waals surface area contributed by atoms with Gasteiger partial charge in [0.15, 0.2) is 0 Å². The SMILES string of the molecule is CCc1c(NC)ncnc1NCCC(=O)N(C)C. The van der Waals surface area contributed by atoms with Crippen LogP contribution in [0.3, 0.4) is 0 Å². The number of hydrogen-bond acceptors (Lipinski definition) is 5. The number of nitrogens with zero attached hydrogens (tertiary/aromatic N) is 3. The molecule has 0 saturated heterocycles. The van der Waals surface area contributed by atoms with Gasteiger partial charge in [-0.1, -0.05) is 6.92 Å².